The number of benzene rings is 2. The number of nitrogens with zero attached hydrogens (tertiary/aromatic N) is 4. The minimum Gasteiger partial charge on any atom is -0.461 e. The van der Waals surface area contributed by atoms with E-state index in [0.29, 0.717) is 29.6 Å². The summed E-state index contributed by atoms with van der Waals surface area (Å²) in [5, 5.41) is 15.0. The van der Waals surface area contributed by atoms with Gasteiger partial charge in [0.25, 0.3) is 5.91 Å². The van der Waals surface area contributed by atoms with Crippen LogP contribution in [0.5, 0.6) is 0 Å². The number of aryl methyl sites for hydroxylation is 1. The van der Waals surface area contributed by atoms with Crippen molar-refractivity contribution in [3.63, 3.8) is 0 Å². The number of aromatic nitrogens is 4. The first-order chi connectivity index (χ1) is 16.7. The van der Waals surface area contributed by atoms with Gasteiger partial charge < -0.3 is 9.73 Å². The average Bonchev–Trinajstić information content (AvgIpc) is 3.63. The van der Waals surface area contributed by atoms with E-state index in [0.717, 1.165) is 21.4 Å². The molecule has 2 aromatic carbocycles. The summed E-state index contributed by atoms with van der Waals surface area (Å²) >= 11 is 2.97. The second-order valence-corrected chi connectivity index (χ2v) is 9.42. The van der Waals surface area contributed by atoms with Crippen molar-refractivity contribution >= 4 is 29.0 Å². The molecule has 0 saturated carbocycles. The maximum Gasteiger partial charge on any atom is 0.271 e. The number of rotatable bonds is 8. The Morgan fingerprint density at radius 3 is 2.65 bits per heavy atom. The van der Waals surface area contributed by atoms with E-state index in [-0.39, 0.29) is 5.91 Å². The first-order valence-corrected chi connectivity index (χ1v) is 12.5. The Morgan fingerprint density at radius 1 is 1.06 bits per heavy atom. The average molecular weight is 488 g/mol. The lowest BCUT2D eigenvalue weighted by molar-refractivity contribution is 0.0946. The van der Waals surface area contributed by atoms with Gasteiger partial charge in [0.2, 0.25) is 5.82 Å². The predicted octanol–water partition coefficient (Wildman–Crippen LogP) is 5.51. The molecule has 7 nitrogen and oxygen atoms in total. The van der Waals surface area contributed by atoms with Crippen LogP contribution in [0.4, 0.5) is 0 Å². The monoisotopic (exact) mass is 487 g/mol. The largest absolute Gasteiger partial charge is 0.461 e. The van der Waals surface area contributed by atoms with E-state index in [1.165, 1.54) is 28.7 Å². The van der Waals surface area contributed by atoms with Gasteiger partial charge in [-0.25, -0.2) is 4.98 Å². The number of carbonyl (C=O) groups excluding carboxylic acids is 1. The quantitative estimate of drug-likeness (QED) is 0.290. The van der Waals surface area contributed by atoms with Gasteiger partial charge in [-0.3, -0.25) is 9.36 Å². The zero-order chi connectivity index (χ0) is 23.3. The van der Waals surface area contributed by atoms with E-state index in [9.17, 15) is 4.79 Å². The van der Waals surface area contributed by atoms with E-state index in [2.05, 4.69) is 39.6 Å². The molecule has 0 aliphatic rings. The summed E-state index contributed by atoms with van der Waals surface area (Å²) in [4.78, 5) is 17.0. The third kappa shape index (κ3) is 4.95. The number of thiazole rings is 1. The van der Waals surface area contributed by atoms with Crippen LogP contribution in [0.25, 0.3) is 17.3 Å². The molecule has 3 heterocycles. The normalized spacial score (nSPS) is 11.0. The highest BCUT2D eigenvalue weighted by Gasteiger charge is 2.19. The molecule has 34 heavy (non-hydrogen) atoms. The van der Waals surface area contributed by atoms with Crippen molar-refractivity contribution in [2.45, 2.75) is 24.4 Å². The molecule has 5 rings (SSSR count). The fraction of sp³-hybridized carbons (Fsp3) is 0.120. The SMILES string of the molecule is Cc1ccc(-n2c(SCc3nc(C(=O)NCc4ccccc4)cs3)nnc2-c2ccco2)cc1. The number of thioether (sulfide) groups is 1. The Morgan fingerprint density at radius 2 is 1.88 bits per heavy atom. The molecule has 0 unspecified atom stereocenters. The first kappa shape index (κ1) is 22.1. The first-order valence-electron chi connectivity index (χ1n) is 10.6. The van der Waals surface area contributed by atoms with Crippen molar-refractivity contribution in [3.8, 4) is 17.3 Å². The number of amides is 1. The van der Waals surface area contributed by atoms with Crippen molar-refractivity contribution in [1.29, 1.82) is 0 Å². The molecule has 9 heteroatoms. The van der Waals surface area contributed by atoms with Gasteiger partial charge in [-0.05, 0) is 36.8 Å². The topological polar surface area (TPSA) is 85.8 Å². The summed E-state index contributed by atoms with van der Waals surface area (Å²) in [7, 11) is 0. The molecule has 170 valence electrons. The maximum absolute atomic E-state index is 12.5. The summed E-state index contributed by atoms with van der Waals surface area (Å²) in [6.07, 6.45) is 1.62. The van der Waals surface area contributed by atoms with Crippen LogP contribution in [-0.2, 0) is 12.3 Å². The molecule has 0 atom stereocenters. The third-order valence-corrected chi connectivity index (χ3v) is 7.04. The molecule has 0 aliphatic heterocycles. The molecule has 0 fully saturated rings. The van der Waals surface area contributed by atoms with Crippen molar-refractivity contribution in [2.75, 3.05) is 0 Å². The summed E-state index contributed by atoms with van der Waals surface area (Å²) in [6, 6.07) is 21.7. The van der Waals surface area contributed by atoms with Gasteiger partial charge >= 0.3 is 0 Å². The van der Waals surface area contributed by atoms with Crippen LogP contribution in [-0.4, -0.2) is 25.7 Å². The number of hydrogen-bond donors (Lipinski definition) is 1. The molecule has 0 radical (unpaired) electrons. The second kappa shape index (κ2) is 10.1. The lowest BCUT2D eigenvalue weighted by atomic mass is 10.2. The molecule has 1 N–H and O–H groups in total. The van der Waals surface area contributed by atoms with Gasteiger partial charge in [0.1, 0.15) is 10.7 Å². The molecule has 0 bridgehead atoms. The van der Waals surface area contributed by atoms with E-state index in [4.69, 9.17) is 4.42 Å². The molecule has 0 aliphatic carbocycles. The number of carbonyl (C=O) groups is 1. The highest BCUT2D eigenvalue weighted by molar-refractivity contribution is 7.98. The van der Waals surface area contributed by atoms with Gasteiger partial charge in [-0.15, -0.1) is 21.5 Å². The summed E-state index contributed by atoms with van der Waals surface area (Å²) in [5.74, 6) is 1.67. The van der Waals surface area contributed by atoms with Crippen LogP contribution < -0.4 is 5.32 Å². The predicted molar refractivity (Wildman–Crippen MR) is 133 cm³/mol. The second-order valence-electron chi connectivity index (χ2n) is 7.54. The fourth-order valence-electron chi connectivity index (χ4n) is 3.33. The Bertz CT molecular complexity index is 1380. The van der Waals surface area contributed by atoms with E-state index >= 15 is 0 Å². The van der Waals surface area contributed by atoms with Gasteiger partial charge in [-0.2, -0.15) is 0 Å². The molecular formula is C25H21N5O2S2. The van der Waals surface area contributed by atoms with Crippen molar-refractivity contribution in [3.05, 3.63) is 100 Å². The zero-order valence-corrected chi connectivity index (χ0v) is 20.0. The molecule has 0 saturated heterocycles. The molecular weight excluding hydrogens is 466 g/mol. The summed E-state index contributed by atoms with van der Waals surface area (Å²) in [6.45, 7) is 2.52. The van der Waals surface area contributed by atoms with Crippen LogP contribution in [0.2, 0.25) is 0 Å². The lowest BCUT2D eigenvalue weighted by Gasteiger charge is -2.09. The van der Waals surface area contributed by atoms with Gasteiger partial charge in [0.05, 0.1) is 12.0 Å². The molecule has 0 spiro atoms. The summed E-state index contributed by atoms with van der Waals surface area (Å²) in [5.41, 5.74) is 3.59. The Kier molecular flexibility index (Phi) is 6.55. The number of nitrogens with one attached hydrogen (secondary N) is 1. The maximum atomic E-state index is 12.5. The Hall–Kier alpha value is -3.69. The van der Waals surface area contributed by atoms with Crippen LogP contribution >= 0.6 is 23.1 Å². The van der Waals surface area contributed by atoms with E-state index < -0.39 is 0 Å². The Labute approximate surface area is 204 Å². The van der Waals surface area contributed by atoms with Crippen LogP contribution in [0, 0.1) is 6.92 Å². The van der Waals surface area contributed by atoms with E-state index in [1.54, 1.807) is 11.6 Å². The molecule has 3 aromatic heterocycles. The van der Waals surface area contributed by atoms with Gasteiger partial charge in [-0.1, -0.05) is 59.8 Å². The highest BCUT2D eigenvalue weighted by Crippen LogP contribution is 2.30. The van der Waals surface area contributed by atoms with Gasteiger partial charge in [0, 0.05) is 17.6 Å². The summed E-state index contributed by atoms with van der Waals surface area (Å²) < 4.78 is 7.56. The Balaban J connectivity index is 1.30. The number of furan rings is 1. The fourth-order valence-corrected chi connectivity index (χ4v) is 5.08. The van der Waals surface area contributed by atoms with Crippen LogP contribution in [0.15, 0.2) is 87.9 Å². The standard InChI is InChI=1S/C25H21N5O2S2/c1-17-9-11-19(12-10-17)30-23(21-8-5-13-32-21)28-29-25(30)34-16-22-27-20(15-33-22)24(31)26-14-18-6-3-2-4-7-18/h2-13,15H,14,16H2,1H3,(H,26,31). The third-order valence-electron chi connectivity index (χ3n) is 5.07. The minimum absolute atomic E-state index is 0.181. The minimum atomic E-state index is -0.181. The molecule has 5 aromatic rings. The number of hydrogen-bond acceptors (Lipinski definition) is 7. The highest BCUT2D eigenvalue weighted by atomic mass is 32.2. The van der Waals surface area contributed by atoms with E-state index in [1.807, 2.05) is 59.2 Å². The van der Waals surface area contributed by atoms with Crippen molar-refractivity contribution in [2.24, 2.45) is 0 Å². The smallest absolute Gasteiger partial charge is 0.271 e. The lowest BCUT2D eigenvalue weighted by Crippen LogP contribution is -2.23. The van der Waals surface area contributed by atoms with Gasteiger partial charge in [0.15, 0.2) is 10.9 Å². The van der Waals surface area contributed by atoms with Crippen molar-refractivity contribution < 1.29 is 9.21 Å². The molecule has 1 amide bonds. The van der Waals surface area contributed by atoms with Crippen LogP contribution in [0.3, 0.4) is 0 Å². The van der Waals surface area contributed by atoms with Crippen LogP contribution in [0.1, 0.15) is 26.6 Å². The van der Waals surface area contributed by atoms with Crippen molar-refractivity contribution in [1.82, 2.24) is 25.1 Å². The zero-order valence-electron chi connectivity index (χ0n) is 18.3.